The molecule has 3 rings (SSSR count). The van der Waals surface area contributed by atoms with Crippen molar-refractivity contribution in [2.75, 3.05) is 13.1 Å². The Kier molecular flexibility index (Phi) is 4.35. The first kappa shape index (κ1) is 14.5. The fourth-order valence-electron chi connectivity index (χ4n) is 2.33. The summed E-state index contributed by atoms with van der Waals surface area (Å²) in [5.74, 6) is 0.525. The van der Waals surface area contributed by atoms with E-state index in [9.17, 15) is 4.79 Å². The van der Waals surface area contributed by atoms with Gasteiger partial charge in [-0.15, -0.1) is 17.5 Å². The Morgan fingerprint density at radius 3 is 3.00 bits per heavy atom. The van der Waals surface area contributed by atoms with Crippen molar-refractivity contribution >= 4 is 18.3 Å². The van der Waals surface area contributed by atoms with Crippen LogP contribution in [-0.4, -0.2) is 39.0 Å². The van der Waals surface area contributed by atoms with Crippen LogP contribution in [0.25, 0.3) is 0 Å². The summed E-state index contributed by atoms with van der Waals surface area (Å²) in [6.45, 7) is 1.61. The Balaban J connectivity index is 0.00000147. The zero-order valence-corrected chi connectivity index (χ0v) is 11.4. The summed E-state index contributed by atoms with van der Waals surface area (Å²) >= 11 is 0. The SMILES string of the molecule is Cl.NC(=O)c1cn([C@@H]2CNCC(c3cnco3)C2)nn1. The van der Waals surface area contributed by atoms with Crippen molar-refractivity contribution in [3.8, 4) is 0 Å². The Morgan fingerprint density at radius 2 is 2.35 bits per heavy atom. The molecule has 0 radical (unpaired) electrons. The lowest BCUT2D eigenvalue weighted by molar-refractivity contribution is 0.0995. The average Bonchev–Trinajstić information content (AvgIpc) is 3.10. The molecule has 0 spiro atoms. The number of hydrogen-bond acceptors (Lipinski definition) is 6. The molecule has 2 atom stereocenters. The van der Waals surface area contributed by atoms with Crippen LogP contribution in [0.4, 0.5) is 0 Å². The summed E-state index contributed by atoms with van der Waals surface area (Å²) in [4.78, 5) is 14.9. The summed E-state index contributed by atoms with van der Waals surface area (Å²) in [5.41, 5.74) is 5.35. The third-order valence-corrected chi connectivity index (χ3v) is 3.32. The van der Waals surface area contributed by atoms with E-state index in [1.54, 1.807) is 17.1 Å². The van der Waals surface area contributed by atoms with Gasteiger partial charge >= 0.3 is 0 Å². The van der Waals surface area contributed by atoms with Gasteiger partial charge in [0, 0.05) is 19.0 Å². The van der Waals surface area contributed by atoms with Crippen LogP contribution in [0, 0.1) is 0 Å². The number of nitrogens with zero attached hydrogens (tertiary/aromatic N) is 4. The topological polar surface area (TPSA) is 112 Å². The molecule has 8 nitrogen and oxygen atoms in total. The Hall–Kier alpha value is -1.93. The predicted molar refractivity (Wildman–Crippen MR) is 71.6 cm³/mol. The first-order valence-corrected chi connectivity index (χ1v) is 6.05. The summed E-state index contributed by atoms with van der Waals surface area (Å²) in [5, 5.41) is 11.0. The maximum absolute atomic E-state index is 11.0. The van der Waals surface area contributed by atoms with Gasteiger partial charge in [-0.1, -0.05) is 5.21 Å². The van der Waals surface area contributed by atoms with E-state index in [1.807, 2.05) is 0 Å². The van der Waals surface area contributed by atoms with E-state index in [0.29, 0.717) is 0 Å². The van der Waals surface area contributed by atoms with Crippen LogP contribution >= 0.6 is 12.4 Å². The molecule has 1 amide bonds. The predicted octanol–water partition coefficient (Wildman–Crippen LogP) is 0.105. The molecule has 108 valence electrons. The van der Waals surface area contributed by atoms with Gasteiger partial charge in [0.2, 0.25) is 0 Å². The maximum Gasteiger partial charge on any atom is 0.270 e. The third-order valence-electron chi connectivity index (χ3n) is 3.32. The zero-order chi connectivity index (χ0) is 13.2. The highest BCUT2D eigenvalue weighted by atomic mass is 35.5. The minimum absolute atomic E-state index is 0. The molecule has 1 aliphatic heterocycles. The van der Waals surface area contributed by atoms with Crippen molar-refractivity contribution in [3.05, 3.63) is 30.2 Å². The molecule has 1 unspecified atom stereocenters. The van der Waals surface area contributed by atoms with Crippen molar-refractivity contribution in [1.29, 1.82) is 0 Å². The summed E-state index contributed by atoms with van der Waals surface area (Å²) in [6.07, 6.45) is 5.59. The Morgan fingerprint density at radius 1 is 1.50 bits per heavy atom. The molecule has 0 bridgehead atoms. The van der Waals surface area contributed by atoms with E-state index in [0.717, 1.165) is 25.3 Å². The second-order valence-electron chi connectivity index (χ2n) is 4.60. The highest BCUT2D eigenvalue weighted by Crippen LogP contribution is 2.28. The number of carbonyl (C=O) groups is 1. The molecule has 2 aromatic rings. The van der Waals surface area contributed by atoms with Crippen LogP contribution in [0.1, 0.15) is 34.6 Å². The fourth-order valence-corrected chi connectivity index (χ4v) is 2.33. The smallest absolute Gasteiger partial charge is 0.270 e. The summed E-state index contributed by atoms with van der Waals surface area (Å²) in [6, 6.07) is 0.115. The lowest BCUT2D eigenvalue weighted by Crippen LogP contribution is -2.36. The number of aromatic nitrogens is 4. The quantitative estimate of drug-likeness (QED) is 0.831. The van der Waals surface area contributed by atoms with Crippen molar-refractivity contribution < 1.29 is 9.21 Å². The minimum atomic E-state index is -0.568. The Bertz CT molecular complexity index is 569. The fraction of sp³-hybridized carbons (Fsp3) is 0.455. The molecule has 0 saturated carbocycles. The number of oxazole rings is 1. The molecular formula is C11H15ClN6O2. The molecule has 1 fully saturated rings. The van der Waals surface area contributed by atoms with E-state index < -0.39 is 5.91 Å². The molecule has 3 N–H and O–H groups in total. The van der Waals surface area contributed by atoms with Gasteiger partial charge in [0.1, 0.15) is 5.76 Å². The van der Waals surface area contributed by atoms with Gasteiger partial charge < -0.3 is 15.5 Å². The lowest BCUT2D eigenvalue weighted by Gasteiger charge is -2.28. The number of piperidine rings is 1. The van der Waals surface area contributed by atoms with Crippen molar-refractivity contribution in [2.45, 2.75) is 18.4 Å². The van der Waals surface area contributed by atoms with E-state index >= 15 is 0 Å². The van der Waals surface area contributed by atoms with Crippen LogP contribution in [0.2, 0.25) is 0 Å². The molecule has 3 heterocycles. The highest BCUT2D eigenvalue weighted by molar-refractivity contribution is 5.90. The van der Waals surface area contributed by atoms with E-state index in [2.05, 4.69) is 20.6 Å². The van der Waals surface area contributed by atoms with E-state index in [-0.39, 0.29) is 30.1 Å². The number of rotatable bonds is 3. The largest absolute Gasteiger partial charge is 0.448 e. The molecular weight excluding hydrogens is 284 g/mol. The molecule has 20 heavy (non-hydrogen) atoms. The third kappa shape index (κ3) is 2.81. The summed E-state index contributed by atoms with van der Waals surface area (Å²) in [7, 11) is 0. The number of nitrogens with two attached hydrogens (primary N) is 1. The average molecular weight is 299 g/mol. The van der Waals surface area contributed by atoms with Gasteiger partial charge in [0.05, 0.1) is 18.4 Å². The second-order valence-corrected chi connectivity index (χ2v) is 4.60. The minimum Gasteiger partial charge on any atom is -0.448 e. The number of carbonyl (C=O) groups excluding carboxylic acids is 1. The normalized spacial score (nSPS) is 22.2. The van der Waals surface area contributed by atoms with Crippen molar-refractivity contribution in [2.24, 2.45) is 5.73 Å². The molecule has 0 aliphatic carbocycles. The molecule has 1 saturated heterocycles. The molecule has 9 heteroatoms. The number of hydrogen-bond donors (Lipinski definition) is 2. The number of primary amides is 1. The lowest BCUT2D eigenvalue weighted by atomic mass is 9.94. The van der Waals surface area contributed by atoms with Gasteiger partial charge in [-0.3, -0.25) is 4.79 Å². The Labute approximate surface area is 121 Å². The maximum atomic E-state index is 11.0. The number of amides is 1. The van der Waals surface area contributed by atoms with Gasteiger partial charge in [-0.25, -0.2) is 9.67 Å². The van der Waals surface area contributed by atoms with Gasteiger partial charge in [-0.2, -0.15) is 0 Å². The van der Waals surface area contributed by atoms with Crippen molar-refractivity contribution in [3.63, 3.8) is 0 Å². The van der Waals surface area contributed by atoms with E-state index in [4.69, 9.17) is 10.2 Å². The monoisotopic (exact) mass is 298 g/mol. The molecule has 0 aromatic carbocycles. The molecule has 1 aliphatic rings. The first-order chi connectivity index (χ1) is 9.24. The van der Waals surface area contributed by atoms with Gasteiger partial charge in [0.15, 0.2) is 12.1 Å². The summed E-state index contributed by atoms with van der Waals surface area (Å²) < 4.78 is 7.01. The molecule has 2 aromatic heterocycles. The number of nitrogens with one attached hydrogen (secondary N) is 1. The van der Waals surface area contributed by atoms with Crippen LogP contribution in [0.15, 0.2) is 23.2 Å². The van der Waals surface area contributed by atoms with Crippen LogP contribution < -0.4 is 11.1 Å². The van der Waals surface area contributed by atoms with Crippen LogP contribution in [-0.2, 0) is 0 Å². The van der Waals surface area contributed by atoms with Crippen molar-refractivity contribution in [1.82, 2.24) is 25.3 Å². The van der Waals surface area contributed by atoms with Crippen LogP contribution in [0.5, 0.6) is 0 Å². The highest BCUT2D eigenvalue weighted by Gasteiger charge is 2.27. The zero-order valence-electron chi connectivity index (χ0n) is 10.6. The van der Waals surface area contributed by atoms with Gasteiger partial charge in [0.25, 0.3) is 5.91 Å². The standard InChI is InChI=1S/C11H14N6O2.ClH/c12-11(18)9-5-17(16-15-9)8-1-7(2-13-3-8)10-4-14-6-19-10;/h4-8,13H,1-3H2,(H2,12,18);1H/t7?,8-;/m0./s1. The number of halogens is 1. The van der Waals surface area contributed by atoms with Gasteiger partial charge in [-0.05, 0) is 6.42 Å². The second kappa shape index (κ2) is 6.02. The first-order valence-electron chi connectivity index (χ1n) is 6.05. The van der Waals surface area contributed by atoms with Crippen LogP contribution in [0.3, 0.4) is 0 Å². The van der Waals surface area contributed by atoms with E-state index in [1.165, 1.54) is 6.39 Å².